The normalized spacial score (nSPS) is 10.2. The molecule has 88 valence electrons. The summed E-state index contributed by atoms with van der Waals surface area (Å²) >= 11 is 1.18. The van der Waals surface area contributed by atoms with Crippen LogP contribution in [0.25, 0.3) is 10.4 Å². The van der Waals surface area contributed by atoms with Crippen LogP contribution >= 0.6 is 11.3 Å². The maximum atomic E-state index is 12.8. The molecule has 0 saturated heterocycles. The number of nitrogens with zero attached hydrogens (tertiary/aromatic N) is 1. The zero-order valence-corrected chi connectivity index (χ0v) is 9.75. The maximum Gasteiger partial charge on any atom is 0.309 e. The van der Waals surface area contributed by atoms with Crippen molar-refractivity contribution >= 4 is 22.4 Å². The van der Waals surface area contributed by atoms with E-state index in [1.54, 1.807) is 12.1 Å². The summed E-state index contributed by atoms with van der Waals surface area (Å²) in [7, 11) is 0. The molecule has 2 aromatic rings. The molecule has 6 heteroatoms. The number of thiazole rings is 1. The van der Waals surface area contributed by atoms with Crippen LogP contribution in [-0.2, 0) is 4.79 Å². The average Bonchev–Trinajstić information content (AvgIpc) is 2.59. The van der Waals surface area contributed by atoms with Gasteiger partial charge in [-0.1, -0.05) is 23.5 Å². The number of rotatable bonds is 2. The van der Waals surface area contributed by atoms with Gasteiger partial charge >= 0.3 is 5.97 Å². The fourth-order valence-corrected chi connectivity index (χ4v) is 2.08. The number of nitrogen functional groups attached to an aromatic ring is 1. The minimum atomic E-state index is -0.473. The Bertz CT molecular complexity index is 551. The third-order valence-electron chi connectivity index (χ3n) is 1.96. The molecule has 0 amide bonds. The van der Waals surface area contributed by atoms with E-state index in [0.29, 0.717) is 15.6 Å². The SMILES string of the molecule is CC(=O)Oc1nc(N)sc1-c1ccc(F)cc1. The number of esters is 1. The summed E-state index contributed by atoms with van der Waals surface area (Å²) in [6.07, 6.45) is 0. The van der Waals surface area contributed by atoms with Gasteiger partial charge in [0.25, 0.3) is 0 Å². The maximum absolute atomic E-state index is 12.8. The molecule has 0 atom stereocenters. The lowest BCUT2D eigenvalue weighted by Crippen LogP contribution is -2.02. The van der Waals surface area contributed by atoms with Crippen molar-refractivity contribution in [2.45, 2.75) is 6.92 Å². The smallest absolute Gasteiger partial charge is 0.309 e. The minimum Gasteiger partial charge on any atom is -0.406 e. The first kappa shape index (κ1) is 11.5. The van der Waals surface area contributed by atoms with Gasteiger partial charge in [0.15, 0.2) is 5.13 Å². The molecule has 0 saturated carbocycles. The van der Waals surface area contributed by atoms with Gasteiger partial charge in [-0.15, -0.1) is 0 Å². The zero-order valence-electron chi connectivity index (χ0n) is 8.94. The molecule has 0 aliphatic carbocycles. The van der Waals surface area contributed by atoms with Crippen LogP contribution < -0.4 is 10.5 Å². The number of benzene rings is 1. The molecule has 4 nitrogen and oxygen atoms in total. The van der Waals surface area contributed by atoms with Crippen LogP contribution in [0.4, 0.5) is 9.52 Å². The molecule has 1 aromatic heterocycles. The van der Waals surface area contributed by atoms with Gasteiger partial charge in [0.2, 0.25) is 5.88 Å². The summed E-state index contributed by atoms with van der Waals surface area (Å²) < 4.78 is 17.7. The van der Waals surface area contributed by atoms with Gasteiger partial charge in [-0.05, 0) is 17.7 Å². The molecule has 2 rings (SSSR count). The van der Waals surface area contributed by atoms with Gasteiger partial charge in [-0.2, -0.15) is 4.98 Å². The number of carbonyl (C=O) groups is 1. The van der Waals surface area contributed by atoms with Gasteiger partial charge in [0.1, 0.15) is 10.7 Å². The fourth-order valence-electron chi connectivity index (χ4n) is 1.31. The Kier molecular flexibility index (Phi) is 3.06. The van der Waals surface area contributed by atoms with Gasteiger partial charge in [0, 0.05) is 6.92 Å². The van der Waals surface area contributed by atoms with Crippen LogP contribution in [0.3, 0.4) is 0 Å². The number of nitrogens with two attached hydrogens (primary N) is 1. The van der Waals surface area contributed by atoms with Crippen molar-refractivity contribution in [1.82, 2.24) is 4.98 Å². The predicted octanol–water partition coefficient (Wildman–Crippen LogP) is 2.46. The van der Waals surface area contributed by atoms with Crippen molar-refractivity contribution in [3.8, 4) is 16.3 Å². The number of aromatic nitrogens is 1. The molecule has 0 unspecified atom stereocenters. The van der Waals surface area contributed by atoms with E-state index in [-0.39, 0.29) is 11.7 Å². The van der Waals surface area contributed by atoms with Crippen molar-refractivity contribution in [2.75, 3.05) is 5.73 Å². The highest BCUT2D eigenvalue weighted by molar-refractivity contribution is 7.19. The molecule has 0 aliphatic rings. The molecule has 0 spiro atoms. The lowest BCUT2D eigenvalue weighted by molar-refractivity contribution is -0.132. The number of carbonyl (C=O) groups excluding carboxylic acids is 1. The number of hydrogen-bond donors (Lipinski definition) is 1. The highest BCUT2D eigenvalue weighted by atomic mass is 32.1. The summed E-state index contributed by atoms with van der Waals surface area (Å²) in [5.74, 6) is -0.648. The van der Waals surface area contributed by atoms with Gasteiger partial charge in [-0.3, -0.25) is 4.79 Å². The highest BCUT2D eigenvalue weighted by Gasteiger charge is 2.14. The Hall–Kier alpha value is -1.95. The average molecular weight is 252 g/mol. The van der Waals surface area contributed by atoms with E-state index >= 15 is 0 Å². The first-order valence-electron chi connectivity index (χ1n) is 4.77. The van der Waals surface area contributed by atoms with E-state index in [0.717, 1.165) is 0 Å². The molecule has 17 heavy (non-hydrogen) atoms. The van der Waals surface area contributed by atoms with Crippen molar-refractivity contribution < 1.29 is 13.9 Å². The van der Waals surface area contributed by atoms with Gasteiger partial charge in [-0.25, -0.2) is 4.39 Å². The summed E-state index contributed by atoms with van der Waals surface area (Å²) in [5.41, 5.74) is 6.27. The molecule has 0 fully saturated rings. The van der Waals surface area contributed by atoms with E-state index in [1.165, 1.54) is 30.4 Å². The van der Waals surface area contributed by atoms with E-state index in [2.05, 4.69) is 4.98 Å². The second-order valence-electron chi connectivity index (χ2n) is 3.29. The van der Waals surface area contributed by atoms with Gasteiger partial charge in [0.05, 0.1) is 0 Å². The van der Waals surface area contributed by atoms with Crippen LogP contribution in [-0.4, -0.2) is 11.0 Å². The first-order valence-corrected chi connectivity index (χ1v) is 5.58. The van der Waals surface area contributed by atoms with E-state index in [4.69, 9.17) is 10.5 Å². The van der Waals surface area contributed by atoms with Crippen molar-refractivity contribution in [1.29, 1.82) is 0 Å². The number of ether oxygens (including phenoxy) is 1. The molecule has 1 heterocycles. The summed E-state index contributed by atoms with van der Waals surface area (Å²) in [4.78, 5) is 15.4. The van der Waals surface area contributed by atoms with Crippen LogP contribution in [0.15, 0.2) is 24.3 Å². The molecular weight excluding hydrogens is 243 g/mol. The van der Waals surface area contributed by atoms with Gasteiger partial charge < -0.3 is 10.5 Å². The third kappa shape index (κ3) is 2.59. The van der Waals surface area contributed by atoms with Crippen LogP contribution in [0.1, 0.15) is 6.92 Å². The first-order chi connectivity index (χ1) is 8.06. The van der Waals surface area contributed by atoms with Crippen LogP contribution in [0.5, 0.6) is 5.88 Å². The van der Waals surface area contributed by atoms with Crippen molar-refractivity contribution in [3.63, 3.8) is 0 Å². The predicted molar refractivity (Wildman–Crippen MR) is 63.2 cm³/mol. The molecule has 0 radical (unpaired) electrons. The number of hydrogen-bond acceptors (Lipinski definition) is 5. The molecule has 0 bridgehead atoms. The second kappa shape index (κ2) is 4.50. The van der Waals surface area contributed by atoms with Crippen LogP contribution in [0, 0.1) is 5.82 Å². The Labute approximate surface area is 101 Å². The van der Waals surface area contributed by atoms with Crippen molar-refractivity contribution in [3.05, 3.63) is 30.1 Å². The third-order valence-corrected chi connectivity index (χ3v) is 2.87. The number of anilines is 1. The monoisotopic (exact) mass is 252 g/mol. The molecule has 2 N–H and O–H groups in total. The Morgan fingerprint density at radius 1 is 1.41 bits per heavy atom. The van der Waals surface area contributed by atoms with Crippen LogP contribution in [0.2, 0.25) is 0 Å². The van der Waals surface area contributed by atoms with E-state index < -0.39 is 5.97 Å². The van der Waals surface area contributed by atoms with E-state index in [1.807, 2.05) is 0 Å². The molecular formula is C11H9FN2O2S. The molecule has 1 aromatic carbocycles. The summed E-state index contributed by atoms with van der Waals surface area (Å²) in [6, 6.07) is 5.80. The Morgan fingerprint density at radius 2 is 2.06 bits per heavy atom. The topological polar surface area (TPSA) is 65.2 Å². The highest BCUT2D eigenvalue weighted by Crippen LogP contribution is 2.36. The largest absolute Gasteiger partial charge is 0.406 e. The fraction of sp³-hybridized carbons (Fsp3) is 0.0909. The van der Waals surface area contributed by atoms with Crippen molar-refractivity contribution in [2.24, 2.45) is 0 Å². The lowest BCUT2D eigenvalue weighted by Gasteiger charge is -2.01. The second-order valence-corrected chi connectivity index (χ2v) is 4.32. The lowest BCUT2D eigenvalue weighted by atomic mass is 10.2. The quantitative estimate of drug-likeness (QED) is 0.834. The minimum absolute atomic E-state index is 0.159. The Balaban J connectivity index is 2.43. The summed E-state index contributed by atoms with van der Waals surface area (Å²) in [5, 5.41) is 0.292. The standard InChI is InChI=1S/C11H9FN2O2S/c1-6(15)16-10-9(17-11(13)14-10)7-2-4-8(12)5-3-7/h2-5H,1H3,(H2,13,14). The summed E-state index contributed by atoms with van der Waals surface area (Å²) in [6.45, 7) is 1.28. The zero-order chi connectivity index (χ0) is 12.4. The molecule has 0 aliphatic heterocycles. The number of halogens is 1. The Morgan fingerprint density at radius 3 is 2.65 bits per heavy atom. The van der Waals surface area contributed by atoms with E-state index in [9.17, 15) is 9.18 Å².